The maximum absolute atomic E-state index is 11.6. The fourth-order valence-electron chi connectivity index (χ4n) is 1.88. The monoisotopic (exact) mass is 307 g/mol. The van der Waals surface area contributed by atoms with Crippen LogP contribution in [0.25, 0.3) is 0 Å². The van der Waals surface area contributed by atoms with Gasteiger partial charge in [-0.3, -0.25) is 4.79 Å². The number of nitrogens with one attached hydrogen (secondary N) is 1. The number of hydrogen-bond donors (Lipinski definition) is 2. The zero-order valence-electron chi connectivity index (χ0n) is 10.2. The van der Waals surface area contributed by atoms with Gasteiger partial charge in [-0.2, -0.15) is 0 Å². The average Bonchev–Trinajstić information content (AvgIpc) is 2.33. The molecule has 2 rings (SSSR count). The number of halogens is 1. The van der Waals surface area contributed by atoms with Gasteiger partial charge in [0, 0.05) is 22.2 Å². The lowest BCUT2D eigenvalue weighted by molar-refractivity contribution is 0.463. The molecule has 0 atom stereocenters. The van der Waals surface area contributed by atoms with Crippen LogP contribution in [0.4, 0.5) is 0 Å². The minimum atomic E-state index is -0.233. The quantitative estimate of drug-likeness (QED) is 0.896. The molecule has 3 nitrogen and oxygen atoms in total. The van der Waals surface area contributed by atoms with Crippen LogP contribution in [0.1, 0.15) is 22.4 Å². The maximum Gasteiger partial charge on any atom is 0.254 e. The SMILES string of the molecule is Cc1c(Cc2cccc(Br)c2)[nH]c(=O)c(C)c1O. The number of benzene rings is 1. The van der Waals surface area contributed by atoms with Gasteiger partial charge in [0.1, 0.15) is 5.75 Å². The van der Waals surface area contributed by atoms with E-state index in [0.29, 0.717) is 12.0 Å². The Morgan fingerprint density at radius 3 is 2.67 bits per heavy atom. The van der Waals surface area contributed by atoms with Gasteiger partial charge in [0.25, 0.3) is 5.56 Å². The number of pyridine rings is 1. The normalized spacial score (nSPS) is 10.6. The molecule has 4 heteroatoms. The molecule has 0 spiro atoms. The predicted molar refractivity (Wildman–Crippen MR) is 75.1 cm³/mol. The molecule has 0 aliphatic carbocycles. The van der Waals surface area contributed by atoms with Crippen molar-refractivity contribution in [1.29, 1.82) is 0 Å². The van der Waals surface area contributed by atoms with E-state index in [0.717, 1.165) is 21.3 Å². The molecule has 0 radical (unpaired) electrons. The smallest absolute Gasteiger partial charge is 0.254 e. The van der Waals surface area contributed by atoms with Crippen molar-refractivity contribution >= 4 is 15.9 Å². The van der Waals surface area contributed by atoms with Gasteiger partial charge in [-0.25, -0.2) is 0 Å². The highest BCUT2D eigenvalue weighted by Gasteiger charge is 2.10. The molecule has 1 heterocycles. The minimum absolute atomic E-state index is 0.0868. The molecule has 0 unspecified atom stereocenters. The zero-order valence-corrected chi connectivity index (χ0v) is 11.8. The average molecular weight is 308 g/mol. The summed E-state index contributed by atoms with van der Waals surface area (Å²) in [5.74, 6) is 0.0868. The number of hydrogen-bond acceptors (Lipinski definition) is 2. The van der Waals surface area contributed by atoms with Crippen LogP contribution in [0.15, 0.2) is 33.5 Å². The van der Waals surface area contributed by atoms with Crippen LogP contribution in [0.5, 0.6) is 5.75 Å². The van der Waals surface area contributed by atoms with E-state index in [9.17, 15) is 9.90 Å². The summed E-state index contributed by atoms with van der Waals surface area (Å²) in [6, 6.07) is 7.88. The Hall–Kier alpha value is -1.55. The molecule has 1 aromatic carbocycles. The number of rotatable bonds is 2. The molecular formula is C14H14BrNO2. The van der Waals surface area contributed by atoms with E-state index < -0.39 is 0 Å². The van der Waals surface area contributed by atoms with Gasteiger partial charge in [0.15, 0.2) is 0 Å². The molecular weight excluding hydrogens is 294 g/mol. The third-order valence-electron chi connectivity index (χ3n) is 3.04. The highest BCUT2D eigenvalue weighted by atomic mass is 79.9. The minimum Gasteiger partial charge on any atom is -0.507 e. The largest absolute Gasteiger partial charge is 0.507 e. The Labute approximate surface area is 114 Å². The van der Waals surface area contributed by atoms with Crippen LogP contribution >= 0.6 is 15.9 Å². The van der Waals surface area contributed by atoms with Crippen molar-refractivity contribution in [2.24, 2.45) is 0 Å². The second kappa shape index (κ2) is 4.98. The molecule has 0 aliphatic heterocycles. The lowest BCUT2D eigenvalue weighted by atomic mass is 10.0. The Bertz CT molecular complexity index is 647. The Balaban J connectivity index is 2.44. The second-order valence-corrected chi connectivity index (χ2v) is 5.25. The summed E-state index contributed by atoms with van der Waals surface area (Å²) in [6.45, 7) is 3.43. The molecule has 0 fully saturated rings. The van der Waals surface area contributed by atoms with E-state index in [2.05, 4.69) is 20.9 Å². The highest BCUT2D eigenvalue weighted by molar-refractivity contribution is 9.10. The molecule has 0 aliphatic rings. The van der Waals surface area contributed by atoms with Crippen molar-refractivity contribution in [2.45, 2.75) is 20.3 Å². The Kier molecular flexibility index (Phi) is 3.57. The van der Waals surface area contributed by atoms with Crippen molar-refractivity contribution in [2.75, 3.05) is 0 Å². The maximum atomic E-state index is 11.6. The van der Waals surface area contributed by atoms with Crippen molar-refractivity contribution in [3.63, 3.8) is 0 Å². The fraction of sp³-hybridized carbons (Fsp3) is 0.214. The first kappa shape index (κ1) is 12.9. The zero-order chi connectivity index (χ0) is 13.3. The Morgan fingerprint density at radius 1 is 1.28 bits per heavy atom. The van der Waals surface area contributed by atoms with Crippen LogP contribution in [0, 0.1) is 13.8 Å². The predicted octanol–water partition coefficient (Wildman–Crippen LogP) is 3.05. The molecule has 0 saturated carbocycles. The standard InChI is InChI=1S/C14H14BrNO2/c1-8-12(16-14(18)9(2)13(8)17)7-10-4-3-5-11(15)6-10/h3-6H,7H2,1-2H3,(H2,16,17,18). The van der Waals surface area contributed by atoms with Gasteiger partial charge in [-0.15, -0.1) is 0 Å². The number of aromatic hydroxyl groups is 1. The summed E-state index contributed by atoms with van der Waals surface area (Å²) in [7, 11) is 0. The molecule has 0 bridgehead atoms. The lowest BCUT2D eigenvalue weighted by Gasteiger charge is -2.09. The van der Waals surface area contributed by atoms with Gasteiger partial charge in [0.05, 0.1) is 5.56 Å². The van der Waals surface area contributed by atoms with Gasteiger partial charge in [-0.1, -0.05) is 28.1 Å². The third kappa shape index (κ3) is 2.48. The van der Waals surface area contributed by atoms with Crippen molar-refractivity contribution in [3.8, 4) is 5.75 Å². The summed E-state index contributed by atoms with van der Waals surface area (Å²) in [6.07, 6.45) is 0.592. The summed E-state index contributed by atoms with van der Waals surface area (Å²) < 4.78 is 0.997. The molecule has 94 valence electrons. The third-order valence-corrected chi connectivity index (χ3v) is 3.53. The first-order valence-corrected chi connectivity index (χ1v) is 6.44. The summed E-state index contributed by atoms with van der Waals surface area (Å²) in [5.41, 5.74) is 2.69. The van der Waals surface area contributed by atoms with Crippen LogP contribution in [0.3, 0.4) is 0 Å². The molecule has 18 heavy (non-hydrogen) atoms. The van der Waals surface area contributed by atoms with Gasteiger partial charge in [0.2, 0.25) is 0 Å². The van der Waals surface area contributed by atoms with E-state index in [4.69, 9.17) is 0 Å². The van der Waals surface area contributed by atoms with E-state index in [1.807, 2.05) is 31.2 Å². The van der Waals surface area contributed by atoms with Gasteiger partial charge < -0.3 is 10.1 Å². The van der Waals surface area contributed by atoms with E-state index in [-0.39, 0.29) is 11.3 Å². The van der Waals surface area contributed by atoms with Crippen molar-refractivity contribution < 1.29 is 5.11 Å². The first-order chi connectivity index (χ1) is 8.49. The van der Waals surface area contributed by atoms with E-state index >= 15 is 0 Å². The summed E-state index contributed by atoms with van der Waals surface area (Å²) >= 11 is 3.41. The summed E-state index contributed by atoms with van der Waals surface area (Å²) in [4.78, 5) is 14.5. The highest BCUT2D eigenvalue weighted by Crippen LogP contribution is 2.22. The van der Waals surface area contributed by atoms with Crippen molar-refractivity contribution in [1.82, 2.24) is 4.98 Å². The molecule has 1 aromatic heterocycles. The summed E-state index contributed by atoms with van der Waals surface area (Å²) in [5, 5.41) is 9.87. The topological polar surface area (TPSA) is 53.1 Å². The lowest BCUT2D eigenvalue weighted by Crippen LogP contribution is -2.14. The molecule has 2 aromatic rings. The fourth-order valence-corrected chi connectivity index (χ4v) is 2.33. The Morgan fingerprint density at radius 2 is 2.00 bits per heavy atom. The van der Waals surface area contributed by atoms with Crippen LogP contribution in [0.2, 0.25) is 0 Å². The molecule has 0 amide bonds. The number of H-pyrrole nitrogens is 1. The van der Waals surface area contributed by atoms with Gasteiger partial charge >= 0.3 is 0 Å². The molecule has 0 saturated heterocycles. The van der Waals surface area contributed by atoms with Crippen LogP contribution in [-0.4, -0.2) is 10.1 Å². The first-order valence-electron chi connectivity index (χ1n) is 5.65. The van der Waals surface area contributed by atoms with E-state index in [1.54, 1.807) is 6.92 Å². The van der Waals surface area contributed by atoms with Crippen LogP contribution < -0.4 is 5.56 Å². The van der Waals surface area contributed by atoms with E-state index in [1.165, 1.54) is 0 Å². The number of aromatic amines is 1. The second-order valence-electron chi connectivity index (χ2n) is 4.34. The van der Waals surface area contributed by atoms with Crippen LogP contribution in [-0.2, 0) is 6.42 Å². The number of aromatic nitrogens is 1. The van der Waals surface area contributed by atoms with Crippen molar-refractivity contribution in [3.05, 3.63) is 61.5 Å². The molecule has 2 N–H and O–H groups in total. The van der Waals surface area contributed by atoms with Gasteiger partial charge in [-0.05, 0) is 31.5 Å².